The van der Waals surface area contributed by atoms with Gasteiger partial charge < -0.3 is 15.7 Å². The Labute approximate surface area is 117 Å². The van der Waals surface area contributed by atoms with E-state index in [1.165, 1.54) is 12.3 Å². The Hall–Kier alpha value is -1.95. The highest BCUT2D eigenvalue weighted by Gasteiger charge is 2.25. The quantitative estimate of drug-likeness (QED) is 0.775. The van der Waals surface area contributed by atoms with E-state index in [1.807, 2.05) is 0 Å². The van der Waals surface area contributed by atoms with Crippen molar-refractivity contribution in [1.29, 1.82) is 0 Å². The largest absolute Gasteiger partial charge is 0.477 e. The maximum Gasteiger partial charge on any atom is 0.354 e. The lowest BCUT2D eigenvalue weighted by atomic mass is 9.90. The summed E-state index contributed by atoms with van der Waals surface area (Å²) < 4.78 is 0. The fraction of sp³-hybridized carbons (Fsp3) is 0.500. The van der Waals surface area contributed by atoms with Crippen molar-refractivity contribution < 1.29 is 14.7 Å². The molecule has 3 N–H and O–H groups in total. The highest BCUT2D eigenvalue weighted by atomic mass is 16.4. The molecule has 108 valence electrons. The number of aromatic nitrogens is 1. The van der Waals surface area contributed by atoms with Crippen molar-refractivity contribution in [3.63, 3.8) is 0 Å². The number of hydrogen-bond donors (Lipinski definition) is 3. The minimum Gasteiger partial charge on any atom is -0.477 e. The van der Waals surface area contributed by atoms with Gasteiger partial charge in [0.25, 0.3) is 0 Å². The normalized spacial score (nSPS) is 22.2. The highest BCUT2D eigenvalue weighted by Crippen LogP contribution is 2.20. The van der Waals surface area contributed by atoms with Crippen molar-refractivity contribution in [2.45, 2.75) is 32.2 Å². The number of aromatic carboxylic acids is 1. The van der Waals surface area contributed by atoms with Crippen LogP contribution in [0.5, 0.6) is 0 Å². The number of hydrogen-bond acceptors (Lipinski definition) is 4. The molecular weight excluding hydrogens is 258 g/mol. The first-order valence-electron chi connectivity index (χ1n) is 6.83. The van der Waals surface area contributed by atoms with E-state index in [1.54, 1.807) is 6.07 Å². The number of carbonyl (C=O) groups excluding carboxylic acids is 1. The maximum absolute atomic E-state index is 12.1. The maximum atomic E-state index is 12.1. The molecule has 0 bridgehead atoms. The summed E-state index contributed by atoms with van der Waals surface area (Å²) in [6.45, 7) is 2.99. The van der Waals surface area contributed by atoms with E-state index in [0.717, 1.165) is 25.8 Å². The van der Waals surface area contributed by atoms with E-state index in [2.05, 4.69) is 22.5 Å². The van der Waals surface area contributed by atoms with Gasteiger partial charge >= 0.3 is 5.97 Å². The van der Waals surface area contributed by atoms with Crippen LogP contribution in [0.2, 0.25) is 0 Å². The van der Waals surface area contributed by atoms with Crippen LogP contribution in [-0.4, -0.2) is 34.6 Å². The molecule has 0 saturated carbocycles. The van der Waals surface area contributed by atoms with E-state index in [0.29, 0.717) is 11.6 Å². The molecule has 1 fully saturated rings. The minimum atomic E-state index is -1.08. The fourth-order valence-electron chi connectivity index (χ4n) is 2.39. The number of pyridine rings is 1. The van der Waals surface area contributed by atoms with Gasteiger partial charge in [-0.1, -0.05) is 13.3 Å². The minimum absolute atomic E-state index is 0.0372. The Morgan fingerprint density at radius 3 is 2.90 bits per heavy atom. The second kappa shape index (κ2) is 6.47. The molecule has 0 spiro atoms. The second-order valence-electron chi connectivity index (χ2n) is 5.03. The van der Waals surface area contributed by atoms with E-state index < -0.39 is 5.97 Å². The van der Waals surface area contributed by atoms with Gasteiger partial charge in [0.05, 0.1) is 17.9 Å². The number of piperidine rings is 1. The summed E-state index contributed by atoms with van der Waals surface area (Å²) in [6, 6.07) is 2.74. The number of nitrogens with zero attached hydrogens (tertiary/aromatic N) is 1. The van der Waals surface area contributed by atoms with Crippen molar-refractivity contribution in [3.8, 4) is 0 Å². The van der Waals surface area contributed by atoms with Crippen LogP contribution in [0.3, 0.4) is 0 Å². The summed E-state index contributed by atoms with van der Waals surface area (Å²) in [5.41, 5.74) is 0.477. The van der Waals surface area contributed by atoms with Gasteiger partial charge in [-0.3, -0.25) is 4.79 Å². The van der Waals surface area contributed by atoms with Crippen LogP contribution >= 0.6 is 0 Å². The van der Waals surface area contributed by atoms with Gasteiger partial charge in [0, 0.05) is 0 Å². The van der Waals surface area contributed by atoms with E-state index in [4.69, 9.17) is 5.11 Å². The molecule has 0 aliphatic carbocycles. The van der Waals surface area contributed by atoms with Gasteiger partial charge in [0.2, 0.25) is 5.91 Å². The molecule has 2 rings (SSSR count). The average Bonchev–Trinajstić information content (AvgIpc) is 2.47. The van der Waals surface area contributed by atoms with E-state index >= 15 is 0 Å². The third-order valence-corrected chi connectivity index (χ3v) is 3.66. The molecule has 6 nitrogen and oxygen atoms in total. The first-order valence-corrected chi connectivity index (χ1v) is 6.83. The second-order valence-corrected chi connectivity index (χ2v) is 5.03. The standard InChI is InChI=1S/C14H19N3O3/c1-2-9-5-6-15-12(7-9)13(18)17-10-3-4-11(14(19)20)16-8-10/h3-4,8-9,12,15H,2,5-7H2,1H3,(H,17,18)(H,19,20). The van der Waals surface area contributed by atoms with Crippen molar-refractivity contribution >= 4 is 17.6 Å². The summed E-state index contributed by atoms with van der Waals surface area (Å²) in [5.74, 6) is -0.588. The molecule has 0 aromatic carbocycles. The Balaban J connectivity index is 1.95. The predicted octanol–water partition coefficient (Wildman–Crippen LogP) is 1.50. The van der Waals surface area contributed by atoms with E-state index in [-0.39, 0.29) is 17.6 Å². The smallest absolute Gasteiger partial charge is 0.354 e. The molecule has 2 heterocycles. The molecule has 0 radical (unpaired) electrons. The summed E-state index contributed by atoms with van der Waals surface area (Å²) in [7, 11) is 0. The molecule has 2 atom stereocenters. The molecular formula is C14H19N3O3. The number of amides is 1. The van der Waals surface area contributed by atoms with Gasteiger partial charge in [0.1, 0.15) is 5.69 Å². The van der Waals surface area contributed by atoms with Crippen LogP contribution in [0.1, 0.15) is 36.7 Å². The lowest BCUT2D eigenvalue weighted by Crippen LogP contribution is -2.46. The zero-order valence-electron chi connectivity index (χ0n) is 11.4. The number of carboxylic acids is 1. The van der Waals surface area contributed by atoms with Gasteiger partial charge in [0.15, 0.2) is 0 Å². The van der Waals surface area contributed by atoms with Gasteiger partial charge in [-0.25, -0.2) is 9.78 Å². The summed E-state index contributed by atoms with van der Waals surface area (Å²) in [6.07, 6.45) is 4.39. The molecule has 1 aromatic rings. The topological polar surface area (TPSA) is 91.3 Å². The zero-order valence-corrected chi connectivity index (χ0v) is 11.4. The van der Waals surface area contributed by atoms with Crippen LogP contribution in [-0.2, 0) is 4.79 Å². The van der Waals surface area contributed by atoms with Crippen molar-refractivity contribution in [2.24, 2.45) is 5.92 Å². The van der Waals surface area contributed by atoms with Crippen molar-refractivity contribution in [2.75, 3.05) is 11.9 Å². The number of carboxylic acid groups (broad SMARTS) is 1. The Morgan fingerprint density at radius 2 is 2.30 bits per heavy atom. The number of rotatable bonds is 4. The summed E-state index contributed by atoms with van der Waals surface area (Å²) in [4.78, 5) is 26.6. The van der Waals surface area contributed by atoms with Crippen LogP contribution in [0.4, 0.5) is 5.69 Å². The third kappa shape index (κ3) is 3.54. The monoisotopic (exact) mass is 277 g/mol. The molecule has 2 unspecified atom stereocenters. The Bertz CT molecular complexity index is 487. The van der Waals surface area contributed by atoms with Crippen molar-refractivity contribution in [3.05, 3.63) is 24.0 Å². The van der Waals surface area contributed by atoms with Crippen molar-refractivity contribution in [1.82, 2.24) is 10.3 Å². The number of anilines is 1. The first kappa shape index (κ1) is 14.5. The lowest BCUT2D eigenvalue weighted by Gasteiger charge is -2.28. The van der Waals surface area contributed by atoms with Gasteiger partial charge in [-0.05, 0) is 37.4 Å². The molecule has 1 saturated heterocycles. The van der Waals surface area contributed by atoms with Gasteiger partial charge in [-0.15, -0.1) is 0 Å². The van der Waals surface area contributed by atoms with Crippen LogP contribution in [0.15, 0.2) is 18.3 Å². The Morgan fingerprint density at radius 1 is 1.50 bits per heavy atom. The first-order chi connectivity index (χ1) is 9.60. The lowest BCUT2D eigenvalue weighted by molar-refractivity contribution is -0.119. The van der Waals surface area contributed by atoms with E-state index in [9.17, 15) is 9.59 Å². The summed E-state index contributed by atoms with van der Waals surface area (Å²) >= 11 is 0. The Kier molecular flexibility index (Phi) is 4.68. The molecule has 1 aliphatic rings. The van der Waals surface area contributed by atoms with Crippen LogP contribution < -0.4 is 10.6 Å². The van der Waals surface area contributed by atoms with Gasteiger partial charge in [-0.2, -0.15) is 0 Å². The molecule has 1 amide bonds. The fourth-order valence-corrected chi connectivity index (χ4v) is 2.39. The average molecular weight is 277 g/mol. The zero-order chi connectivity index (χ0) is 14.5. The third-order valence-electron chi connectivity index (χ3n) is 3.66. The SMILES string of the molecule is CCC1CCNC(C(=O)Nc2ccc(C(=O)O)nc2)C1. The number of nitrogens with one attached hydrogen (secondary N) is 2. The summed E-state index contributed by atoms with van der Waals surface area (Å²) in [5, 5.41) is 14.7. The molecule has 1 aliphatic heterocycles. The predicted molar refractivity (Wildman–Crippen MR) is 74.6 cm³/mol. The highest BCUT2D eigenvalue weighted by molar-refractivity contribution is 5.95. The molecule has 6 heteroatoms. The molecule has 20 heavy (non-hydrogen) atoms. The number of carbonyl (C=O) groups is 2. The van der Waals surface area contributed by atoms with Crippen LogP contribution in [0, 0.1) is 5.92 Å². The molecule has 1 aromatic heterocycles. The van der Waals surface area contributed by atoms with Crippen LogP contribution in [0.25, 0.3) is 0 Å².